The van der Waals surface area contributed by atoms with E-state index in [2.05, 4.69) is 10.6 Å². The molecule has 1 aromatic carbocycles. The van der Waals surface area contributed by atoms with Crippen molar-refractivity contribution < 1.29 is 18.0 Å². The number of benzene rings is 1. The molecular weight excluding hydrogens is 416 g/mol. The Bertz CT molecular complexity index is 875. The van der Waals surface area contributed by atoms with Crippen LogP contribution in [0.3, 0.4) is 0 Å². The Kier molecular flexibility index (Phi) is 7.80. The number of nitrogens with one attached hydrogen (secondary N) is 2. The molecule has 0 unspecified atom stereocenters. The van der Waals surface area contributed by atoms with E-state index in [0.717, 1.165) is 24.7 Å². The van der Waals surface area contributed by atoms with Gasteiger partial charge in [0.05, 0.1) is 11.9 Å². The molecule has 0 bridgehead atoms. The van der Waals surface area contributed by atoms with Crippen molar-refractivity contribution in [1.29, 1.82) is 0 Å². The van der Waals surface area contributed by atoms with Crippen molar-refractivity contribution in [3.63, 3.8) is 0 Å². The number of nitrogens with zero attached hydrogens (tertiary/aromatic N) is 2. The van der Waals surface area contributed by atoms with Gasteiger partial charge in [0.25, 0.3) is 0 Å². The summed E-state index contributed by atoms with van der Waals surface area (Å²) in [6, 6.07) is 7.30. The molecule has 1 saturated carbocycles. The number of para-hydroxylation sites is 1. The molecule has 0 spiro atoms. The highest BCUT2D eigenvalue weighted by atomic mass is 32.2. The molecule has 3 amide bonds. The van der Waals surface area contributed by atoms with Crippen LogP contribution in [0.15, 0.2) is 24.3 Å². The second-order valence-electron chi connectivity index (χ2n) is 8.66. The molecule has 2 aliphatic rings. The number of hydrogen-bond donors (Lipinski definition) is 2. The maximum atomic E-state index is 12.9. The van der Waals surface area contributed by atoms with Crippen LogP contribution in [0.25, 0.3) is 0 Å². The van der Waals surface area contributed by atoms with Crippen LogP contribution in [0.2, 0.25) is 0 Å². The maximum absolute atomic E-state index is 12.9. The zero-order valence-electron chi connectivity index (χ0n) is 18.5. The molecule has 1 heterocycles. The lowest BCUT2D eigenvalue weighted by Crippen LogP contribution is -2.52. The van der Waals surface area contributed by atoms with Crippen LogP contribution in [0.4, 0.5) is 10.5 Å². The molecule has 0 atom stereocenters. The van der Waals surface area contributed by atoms with Crippen molar-refractivity contribution in [3.8, 4) is 0 Å². The van der Waals surface area contributed by atoms with Crippen LogP contribution >= 0.6 is 0 Å². The zero-order chi connectivity index (χ0) is 22.4. The number of hydrogen-bond acceptors (Lipinski definition) is 4. The van der Waals surface area contributed by atoms with Gasteiger partial charge in [0.1, 0.15) is 6.54 Å². The van der Waals surface area contributed by atoms with Crippen LogP contribution < -0.4 is 14.9 Å². The average molecular weight is 451 g/mol. The largest absolute Gasteiger partial charge is 0.341 e. The van der Waals surface area contributed by atoms with Gasteiger partial charge in [0.15, 0.2) is 0 Å². The predicted molar refractivity (Wildman–Crippen MR) is 122 cm³/mol. The second kappa shape index (κ2) is 10.3. The number of likely N-dealkylation sites (tertiary alicyclic amines) is 1. The number of rotatable bonds is 6. The first-order chi connectivity index (χ1) is 14.7. The van der Waals surface area contributed by atoms with Crippen molar-refractivity contribution in [1.82, 2.24) is 15.5 Å². The molecule has 3 rings (SSSR count). The van der Waals surface area contributed by atoms with Crippen molar-refractivity contribution in [2.75, 3.05) is 30.2 Å². The van der Waals surface area contributed by atoms with E-state index in [0.29, 0.717) is 31.6 Å². The molecule has 0 aromatic heterocycles. The summed E-state index contributed by atoms with van der Waals surface area (Å²) in [5, 5.41) is 6.09. The zero-order valence-corrected chi connectivity index (χ0v) is 19.3. The van der Waals surface area contributed by atoms with Gasteiger partial charge in [0, 0.05) is 25.2 Å². The van der Waals surface area contributed by atoms with E-state index in [9.17, 15) is 18.0 Å². The maximum Gasteiger partial charge on any atom is 0.315 e. The predicted octanol–water partition coefficient (Wildman–Crippen LogP) is 2.38. The fourth-order valence-corrected chi connectivity index (χ4v) is 5.29. The van der Waals surface area contributed by atoms with Crippen molar-refractivity contribution in [2.45, 2.75) is 64.0 Å². The Balaban J connectivity index is 1.51. The number of carbonyl (C=O) groups excluding carboxylic acids is 2. The molecule has 1 aromatic rings. The summed E-state index contributed by atoms with van der Waals surface area (Å²) < 4.78 is 25.9. The van der Waals surface area contributed by atoms with E-state index in [1.807, 2.05) is 19.1 Å². The van der Waals surface area contributed by atoms with Gasteiger partial charge in [-0.15, -0.1) is 0 Å². The fraction of sp³-hybridized carbons (Fsp3) is 0.636. The summed E-state index contributed by atoms with van der Waals surface area (Å²) in [6.45, 7) is 2.61. The Hall–Kier alpha value is -2.29. The molecule has 1 aliphatic heterocycles. The third-order valence-electron chi connectivity index (χ3n) is 6.19. The van der Waals surface area contributed by atoms with Gasteiger partial charge in [-0.2, -0.15) is 0 Å². The Morgan fingerprint density at radius 3 is 2.16 bits per heavy atom. The summed E-state index contributed by atoms with van der Waals surface area (Å²) in [5.41, 5.74) is 1.32. The lowest BCUT2D eigenvalue weighted by atomic mass is 9.96. The van der Waals surface area contributed by atoms with E-state index in [4.69, 9.17) is 0 Å². The quantitative estimate of drug-likeness (QED) is 0.695. The highest BCUT2D eigenvalue weighted by Crippen LogP contribution is 2.23. The van der Waals surface area contributed by atoms with E-state index in [-0.39, 0.29) is 30.6 Å². The average Bonchev–Trinajstić information content (AvgIpc) is 2.73. The highest BCUT2D eigenvalue weighted by Gasteiger charge is 2.28. The van der Waals surface area contributed by atoms with Crippen molar-refractivity contribution >= 4 is 27.6 Å². The molecular formula is C22H34N4O4S. The Labute approximate surface area is 185 Å². The smallest absolute Gasteiger partial charge is 0.315 e. The van der Waals surface area contributed by atoms with Gasteiger partial charge in [0.2, 0.25) is 15.9 Å². The molecule has 9 heteroatoms. The molecule has 2 fully saturated rings. The number of piperidine rings is 1. The SMILES string of the molecule is Cc1ccccc1N(CC(=O)N1CCC(NC(=O)NC2CCCCC2)CC1)S(C)(=O)=O. The molecule has 0 radical (unpaired) electrons. The number of amides is 3. The van der Waals surface area contributed by atoms with E-state index in [1.165, 1.54) is 23.6 Å². The lowest BCUT2D eigenvalue weighted by molar-refractivity contribution is -0.130. The Morgan fingerprint density at radius 1 is 1.00 bits per heavy atom. The standard InChI is InChI=1S/C22H34N4O4S/c1-17-8-6-7-11-20(17)26(31(2,29)30)16-21(27)25-14-12-19(13-15-25)24-22(28)23-18-9-4-3-5-10-18/h6-8,11,18-19H,3-5,9-10,12-16H2,1-2H3,(H2,23,24,28). The second-order valence-corrected chi connectivity index (χ2v) is 10.6. The first-order valence-corrected chi connectivity index (χ1v) is 13.0. The van der Waals surface area contributed by atoms with Gasteiger partial charge in [-0.05, 0) is 44.2 Å². The number of carbonyl (C=O) groups is 2. The molecule has 31 heavy (non-hydrogen) atoms. The topological polar surface area (TPSA) is 98.8 Å². The minimum atomic E-state index is -3.59. The monoisotopic (exact) mass is 450 g/mol. The van der Waals surface area contributed by atoms with Gasteiger partial charge < -0.3 is 15.5 Å². The van der Waals surface area contributed by atoms with Crippen LogP contribution in [0, 0.1) is 6.92 Å². The number of urea groups is 1. The molecule has 172 valence electrons. The van der Waals surface area contributed by atoms with Crippen LogP contribution in [0.5, 0.6) is 0 Å². The minimum absolute atomic E-state index is 0.0232. The summed E-state index contributed by atoms with van der Waals surface area (Å²) in [5.74, 6) is -0.223. The van der Waals surface area contributed by atoms with Gasteiger partial charge >= 0.3 is 6.03 Å². The number of aryl methyl sites for hydroxylation is 1. The summed E-state index contributed by atoms with van der Waals surface area (Å²) in [4.78, 5) is 26.8. The van der Waals surface area contributed by atoms with Gasteiger partial charge in [-0.1, -0.05) is 37.5 Å². The van der Waals surface area contributed by atoms with Crippen LogP contribution in [0.1, 0.15) is 50.5 Å². The van der Waals surface area contributed by atoms with Crippen LogP contribution in [-0.4, -0.2) is 63.2 Å². The molecule has 8 nitrogen and oxygen atoms in total. The van der Waals surface area contributed by atoms with E-state index < -0.39 is 10.0 Å². The normalized spacial score (nSPS) is 18.5. The number of sulfonamides is 1. The minimum Gasteiger partial charge on any atom is -0.341 e. The van der Waals surface area contributed by atoms with Gasteiger partial charge in [-0.25, -0.2) is 13.2 Å². The van der Waals surface area contributed by atoms with E-state index >= 15 is 0 Å². The third kappa shape index (κ3) is 6.59. The summed E-state index contributed by atoms with van der Waals surface area (Å²) >= 11 is 0. The van der Waals surface area contributed by atoms with Gasteiger partial charge in [-0.3, -0.25) is 9.10 Å². The fourth-order valence-electron chi connectivity index (χ4n) is 4.38. The first-order valence-electron chi connectivity index (χ1n) is 11.1. The summed E-state index contributed by atoms with van der Waals surface area (Å²) in [6.07, 6.45) is 8.09. The van der Waals surface area contributed by atoms with Crippen molar-refractivity contribution in [2.24, 2.45) is 0 Å². The molecule has 1 aliphatic carbocycles. The number of anilines is 1. The highest BCUT2D eigenvalue weighted by molar-refractivity contribution is 7.92. The van der Waals surface area contributed by atoms with E-state index in [1.54, 1.807) is 17.0 Å². The first kappa shape index (κ1) is 23.4. The Morgan fingerprint density at radius 2 is 1.58 bits per heavy atom. The van der Waals surface area contributed by atoms with Crippen LogP contribution in [-0.2, 0) is 14.8 Å². The lowest BCUT2D eigenvalue weighted by Gasteiger charge is -2.34. The summed E-state index contributed by atoms with van der Waals surface area (Å²) in [7, 11) is -3.59. The third-order valence-corrected chi connectivity index (χ3v) is 7.31. The molecule has 2 N–H and O–H groups in total. The molecule has 1 saturated heterocycles. The van der Waals surface area contributed by atoms with Crippen molar-refractivity contribution in [3.05, 3.63) is 29.8 Å².